The lowest BCUT2D eigenvalue weighted by Gasteiger charge is -2.19. The van der Waals surface area contributed by atoms with Gasteiger partial charge in [-0.25, -0.2) is 4.57 Å². The first-order valence-electron chi connectivity index (χ1n) is 25.3. The zero-order valence-electron chi connectivity index (χ0n) is 39.2. The summed E-state index contributed by atoms with van der Waals surface area (Å²) in [5, 5.41) is 0. The molecule has 0 radical (unpaired) electrons. The van der Waals surface area contributed by atoms with E-state index in [2.05, 4.69) is 38.2 Å². The predicted molar refractivity (Wildman–Crippen MR) is 252 cm³/mol. The summed E-state index contributed by atoms with van der Waals surface area (Å²) in [5.74, 6) is -0.824. The molecule has 9 nitrogen and oxygen atoms in total. The van der Waals surface area contributed by atoms with E-state index in [1.807, 2.05) is 0 Å². The van der Waals surface area contributed by atoms with Crippen molar-refractivity contribution in [3.8, 4) is 0 Å². The summed E-state index contributed by atoms with van der Waals surface area (Å²) in [4.78, 5) is 35.0. The van der Waals surface area contributed by atoms with Crippen LogP contribution in [0.5, 0.6) is 0 Å². The summed E-state index contributed by atoms with van der Waals surface area (Å²) in [6.45, 7) is 3.74. The van der Waals surface area contributed by atoms with Crippen molar-refractivity contribution in [3.05, 3.63) is 24.3 Å². The molecule has 0 saturated carbocycles. The Labute approximate surface area is 370 Å². The van der Waals surface area contributed by atoms with E-state index in [-0.39, 0.29) is 38.6 Å². The van der Waals surface area contributed by atoms with Crippen LogP contribution in [0.15, 0.2) is 24.3 Å². The number of phosphoric ester groups is 1. The van der Waals surface area contributed by atoms with E-state index < -0.39 is 26.5 Å². The topological polar surface area (TPSA) is 134 Å². The van der Waals surface area contributed by atoms with E-state index in [4.69, 9.17) is 24.3 Å². The maximum Gasteiger partial charge on any atom is 0.472 e. The highest BCUT2D eigenvalue weighted by Crippen LogP contribution is 2.43. The molecule has 3 N–H and O–H groups in total. The van der Waals surface area contributed by atoms with E-state index >= 15 is 0 Å². The van der Waals surface area contributed by atoms with Gasteiger partial charge in [-0.1, -0.05) is 218 Å². The van der Waals surface area contributed by atoms with Gasteiger partial charge in [-0.05, 0) is 44.9 Å². The maximum absolute atomic E-state index is 12.6. The molecule has 10 heteroatoms. The van der Waals surface area contributed by atoms with E-state index in [1.54, 1.807) is 0 Å². The zero-order chi connectivity index (χ0) is 43.9. The molecule has 0 bridgehead atoms. The second kappa shape index (κ2) is 47.0. The minimum atomic E-state index is -4.38. The Kier molecular flexibility index (Phi) is 45.8. The van der Waals surface area contributed by atoms with Gasteiger partial charge in [0.2, 0.25) is 0 Å². The number of unbranched alkanes of at least 4 members (excludes halogenated alkanes) is 31. The molecule has 0 aromatic heterocycles. The SMILES string of the molecule is CCCCC/C=C/C/C=C/CCCCCCCCCC(=O)O[C@H](COC(=O)CCCCCCCCCCCCCCCCCCCCCCCC)COP(=O)(O)OCCN. The summed E-state index contributed by atoms with van der Waals surface area (Å²) < 4.78 is 32.9. The van der Waals surface area contributed by atoms with Crippen LogP contribution in [0, 0.1) is 0 Å². The zero-order valence-corrected chi connectivity index (χ0v) is 40.1. The molecule has 0 aliphatic carbocycles. The van der Waals surface area contributed by atoms with Gasteiger partial charge < -0.3 is 20.1 Å². The molecule has 2 atom stereocenters. The van der Waals surface area contributed by atoms with Crippen LogP contribution in [0.4, 0.5) is 0 Å². The third kappa shape index (κ3) is 46.0. The van der Waals surface area contributed by atoms with Crippen LogP contribution < -0.4 is 5.73 Å². The van der Waals surface area contributed by atoms with Crippen LogP contribution in [0.3, 0.4) is 0 Å². The molecule has 0 spiro atoms. The fraction of sp³-hybridized carbons (Fsp3) is 0.880. The quantitative estimate of drug-likeness (QED) is 0.0265. The highest BCUT2D eigenvalue weighted by Gasteiger charge is 2.26. The second-order valence-corrected chi connectivity index (χ2v) is 18.5. The molecule has 0 aliphatic heterocycles. The highest BCUT2D eigenvalue weighted by molar-refractivity contribution is 7.47. The first-order chi connectivity index (χ1) is 29.3. The van der Waals surface area contributed by atoms with Gasteiger partial charge in [-0.2, -0.15) is 0 Å². The normalized spacial score (nSPS) is 13.3. The first kappa shape index (κ1) is 58.5. The molecular weight excluding hydrogens is 774 g/mol. The van der Waals surface area contributed by atoms with Crippen molar-refractivity contribution in [3.63, 3.8) is 0 Å². The molecule has 0 fully saturated rings. The van der Waals surface area contributed by atoms with Gasteiger partial charge in [0.1, 0.15) is 6.61 Å². The fourth-order valence-electron chi connectivity index (χ4n) is 7.31. The van der Waals surface area contributed by atoms with Crippen LogP contribution in [-0.4, -0.2) is 49.3 Å². The summed E-state index contributed by atoms with van der Waals surface area (Å²) >= 11 is 0. The third-order valence-corrected chi connectivity index (χ3v) is 12.1. The second-order valence-electron chi connectivity index (χ2n) is 17.0. The molecule has 1 unspecified atom stereocenters. The number of carbonyl (C=O) groups excluding carboxylic acids is 2. The van der Waals surface area contributed by atoms with E-state index in [9.17, 15) is 19.0 Å². The number of ether oxygens (including phenoxy) is 2. The molecule has 0 aliphatic rings. The number of allylic oxidation sites excluding steroid dienone is 4. The van der Waals surface area contributed by atoms with Crippen LogP contribution >= 0.6 is 7.82 Å². The number of hydrogen-bond donors (Lipinski definition) is 2. The number of esters is 2. The summed E-state index contributed by atoms with van der Waals surface area (Å²) in [6.07, 6.45) is 52.1. The van der Waals surface area contributed by atoms with Crippen LogP contribution in [-0.2, 0) is 32.7 Å². The molecule has 0 aromatic carbocycles. The predicted octanol–water partition coefficient (Wildman–Crippen LogP) is 15.1. The lowest BCUT2D eigenvalue weighted by atomic mass is 10.0. The van der Waals surface area contributed by atoms with Gasteiger partial charge in [0.05, 0.1) is 13.2 Å². The number of nitrogens with two attached hydrogens (primary N) is 1. The Morgan fingerprint density at radius 3 is 1.30 bits per heavy atom. The standard InChI is InChI=1S/C50H96NO8P/c1-3-5-7-9-11-13-15-17-19-21-22-23-24-25-27-28-30-32-34-36-38-40-42-49(52)56-46-48(47-58-60(54,55)57-45-44-51)59-50(53)43-41-39-37-35-33-31-29-26-20-18-16-14-12-10-8-6-4-2/h12,14,18,20,48H,3-11,13,15-17,19,21-47,51H2,1-2H3,(H,54,55)/b14-12+,20-18+/t48-/m1/s1. The lowest BCUT2D eigenvalue weighted by Crippen LogP contribution is -2.29. The average molecular weight is 870 g/mol. The molecule has 0 heterocycles. The maximum atomic E-state index is 12.6. The number of rotatable bonds is 48. The van der Waals surface area contributed by atoms with Crippen LogP contribution in [0.2, 0.25) is 0 Å². The van der Waals surface area contributed by atoms with Crippen LogP contribution in [0.25, 0.3) is 0 Å². The molecule has 0 saturated heterocycles. The Morgan fingerprint density at radius 2 is 0.867 bits per heavy atom. The average Bonchev–Trinajstić information content (AvgIpc) is 3.24. The van der Waals surface area contributed by atoms with Crippen molar-refractivity contribution in [2.24, 2.45) is 5.73 Å². The molecule has 354 valence electrons. The Bertz CT molecular complexity index is 1040. The van der Waals surface area contributed by atoms with Crippen molar-refractivity contribution in [1.29, 1.82) is 0 Å². The van der Waals surface area contributed by atoms with Gasteiger partial charge in [-0.3, -0.25) is 18.6 Å². The Hall–Kier alpha value is -1.51. The third-order valence-electron chi connectivity index (χ3n) is 11.1. The smallest absolute Gasteiger partial charge is 0.462 e. The van der Waals surface area contributed by atoms with Crippen molar-refractivity contribution in [2.45, 2.75) is 258 Å². The van der Waals surface area contributed by atoms with Gasteiger partial charge in [0.15, 0.2) is 6.10 Å². The number of hydrogen-bond acceptors (Lipinski definition) is 8. The summed E-state index contributed by atoms with van der Waals surface area (Å²) in [5.41, 5.74) is 5.36. The number of carbonyl (C=O) groups is 2. The van der Waals surface area contributed by atoms with Gasteiger partial charge in [0, 0.05) is 19.4 Å². The van der Waals surface area contributed by atoms with Gasteiger partial charge >= 0.3 is 19.8 Å². The molecule has 0 rings (SSSR count). The van der Waals surface area contributed by atoms with Crippen LogP contribution in [0.1, 0.15) is 251 Å². The Balaban J connectivity index is 4.01. The van der Waals surface area contributed by atoms with Crippen molar-refractivity contribution in [2.75, 3.05) is 26.4 Å². The summed E-state index contributed by atoms with van der Waals surface area (Å²) in [6, 6.07) is 0. The van der Waals surface area contributed by atoms with Crippen molar-refractivity contribution in [1.82, 2.24) is 0 Å². The molecule has 60 heavy (non-hydrogen) atoms. The highest BCUT2D eigenvalue weighted by atomic mass is 31.2. The largest absolute Gasteiger partial charge is 0.472 e. The molecule has 0 amide bonds. The minimum Gasteiger partial charge on any atom is -0.462 e. The minimum absolute atomic E-state index is 0.0538. The van der Waals surface area contributed by atoms with Gasteiger partial charge in [-0.15, -0.1) is 0 Å². The van der Waals surface area contributed by atoms with Crippen molar-refractivity contribution >= 4 is 19.8 Å². The van der Waals surface area contributed by atoms with E-state index in [0.29, 0.717) is 6.42 Å². The van der Waals surface area contributed by atoms with Gasteiger partial charge in [0.25, 0.3) is 0 Å². The first-order valence-corrected chi connectivity index (χ1v) is 26.8. The van der Waals surface area contributed by atoms with E-state index in [0.717, 1.165) is 51.4 Å². The fourth-order valence-corrected chi connectivity index (χ4v) is 8.08. The molecular formula is C50H96NO8P. The lowest BCUT2D eigenvalue weighted by molar-refractivity contribution is -0.161. The summed E-state index contributed by atoms with van der Waals surface area (Å²) in [7, 11) is -4.38. The molecule has 0 aromatic rings. The van der Waals surface area contributed by atoms with Crippen molar-refractivity contribution < 1.29 is 37.6 Å². The number of phosphoric acid groups is 1. The van der Waals surface area contributed by atoms with E-state index in [1.165, 1.54) is 167 Å². The monoisotopic (exact) mass is 870 g/mol. The Morgan fingerprint density at radius 1 is 0.500 bits per heavy atom.